The number of aromatic nitrogens is 1. The largest absolute Gasteiger partial charge is 0.505 e. The average molecular weight is 238 g/mol. The van der Waals surface area contributed by atoms with Crippen LogP contribution in [0.15, 0.2) is 18.3 Å². The zero-order chi connectivity index (χ0) is 12.9. The molecule has 0 fully saturated rings. The normalized spacial score (nSPS) is 11.2. The van der Waals surface area contributed by atoms with Crippen molar-refractivity contribution in [2.24, 2.45) is 0 Å². The zero-order valence-electron chi connectivity index (χ0n) is 10.1. The highest BCUT2D eigenvalue weighted by Crippen LogP contribution is 2.15. The van der Waals surface area contributed by atoms with Crippen LogP contribution in [0.4, 0.5) is 0 Å². The molecule has 0 aliphatic rings. The summed E-state index contributed by atoms with van der Waals surface area (Å²) in [6.45, 7) is 3.86. The van der Waals surface area contributed by atoms with Gasteiger partial charge >= 0.3 is 0 Å². The summed E-state index contributed by atoms with van der Waals surface area (Å²) in [5.74, 6) is -0.648. The Balaban J connectivity index is 2.65. The highest BCUT2D eigenvalue weighted by atomic mass is 16.3. The lowest BCUT2D eigenvalue weighted by Gasteiger charge is -2.25. The van der Waals surface area contributed by atoms with E-state index in [1.54, 1.807) is 6.07 Å². The van der Waals surface area contributed by atoms with Crippen molar-refractivity contribution < 1.29 is 15.0 Å². The lowest BCUT2D eigenvalue weighted by molar-refractivity contribution is 0.0312. The van der Waals surface area contributed by atoms with Gasteiger partial charge in [-0.25, -0.2) is 4.98 Å². The number of aliphatic hydroxyl groups is 1. The van der Waals surface area contributed by atoms with E-state index in [4.69, 9.17) is 0 Å². The number of pyridine rings is 1. The highest BCUT2D eigenvalue weighted by Gasteiger charge is 2.23. The van der Waals surface area contributed by atoms with Crippen LogP contribution in [-0.4, -0.2) is 33.3 Å². The number of nitrogens with zero attached hydrogens (tertiary/aromatic N) is 1. The second-order valence-corrected chi connectivity index (χ2v) is 3.99. The van der Waals surface area contributed by atoms with Crippen molar-refractivity contribution in [2.45, 2.75) is 32.3 Å². The molecular weight excluding hydrogens is 220 g/mol. The Morgan fingerprint density at radius 2 is 2.12 bits per heavy atom. The van der Waals surface area contributed by atoms with Gasteiger partial charge in [0.2, 0.25) is 0 Å². The van der Waals surface area contributed by atoms with E-state index in [2.05, 4.69) is 10.3 Å². The van der Waals surface area contributed by atoms with Gasteiger partial charge in [-0.3, -0.25) is 4.79 Å². The minimum atomic E-state index is -0.903. The van der Waals surface area contributed by atoms with Crippen LogP contribution in [-0.2, 0) is 0 Å². The monoisotopic (exact) mass is 238 g/mol. The SMILES string of the molecule is CCC(O)(CC)CNC(=O)c1ncccc1O. The van der Waals surface area contributed by atoms with E-state index in [-0.39, 0.29) is 18.0 Å². The van der Waals surface area contributed by atoms with E-state index in [1.165, 1.54) is 12.3 Å². The van der Waals surface area contributed by atoms with Crippen LogP contribution in [0.25, 0.3) is 0 Å². The first-order chi connectivity index (χ1) is 8.02. The smallest absolute Gasteiger partial charge is 0.273 e. The van der Waals surface area contributed by atoms with E-state index >= 15 is 0 Å². The summed E-state index contributed by atoms with van der Waals surface area (Å²) in [4.78, 5) is 15.5. The standard InChI is InChI=1S/C12H18N2O3/c1-3-12(17,4-2)8-14-11(16)10-9(15)6-5-7-13-10/h5-7,15,17H,3-4,8H2,1-2H3,(H,14,16). The molecule has 1 aromatic heterocycles. The number of aromatic hydroxyl groups is 1. The predicted molar refractivity (Wildman–Crippen MR) is 63.8 cm³/mol. The van der Waals surface area contributed by atoms with Crippen LogP contribution < -0.4 is 5.32 Å². The van der Waals surface area contributed by atoms with E-state index in [1.807, 2.05) is 13.8 Å². The molecule has 0 saturated heterocycles. The van der Waals surface area contributed by atoms with E-state index in [9.17, 15) is 15.0 Å². The number of amides is 1. The molecule has 0 aliphatic carbocycles. The summed E-state index contributed by atoms with van der Waals surface area (Å²) in [7, 11) is 0. The summed E-state index contributed by atoms with van der Waals surface area (Å²) in [6, 6.07) is 2.94. The highest BCUT2D eigenvalue weighted by molar-refractivity contribution is 5.94. The van der Waals surface area contributed by atoms with Gasteiger partial charge in [-0.15, -0.1) is 0 Å². The summed E-state index contributed by atoms with van der Waals surface area (Å²) in [6.07, 6.45) is 2.54. The topological polar surface area (TPSA) is 82.5 Å². The molecule has 17 heavy (non-hydrogen) atoms. The van der Waals surface area contributed by atoms with Crippen molar-refractivity contribution in [3.05, 3.63) is 24.0 Å². The van der Waals surface area contributed by atoms with E-state index in [0.29, 0.717) is 12.8 Å². The van der Waals surface area contributed by atoms with Gasteiger partial charge < -0.3 is 15.5 Å². The van der Waals surface area contributed by atoms with Crippen LogP contribution in [0, 0.1) is 0 Å². The number of hydrogen-bond acceptors (Lipinski definition) is 4. The first-order valence-electron chi connectivity index (χ1n) is 5.67. The van der Waals surface area contributed by atoms with E-state index < -0.39 is 11.5 Å². The Morgan fingerprint density at radius 1 is 1.47 bits per heavy atom. The van der Waals surface area contributed by atoms with Gasteiger partial charge in [-0.2, -0.15) is 0 Å². The summed E-state index contributed by atoms with van der Waals surface area (Å²) < 4.78 is 0. The quantitative estimate of drug-likeness (QED) is 0.716. The molecular formula is C12H18N2O3. The van der Waals surface area contributed by atoms with Crippen molar-refractivity contribution in [2.75, 3.05) is 6.54 Å². The van der Waals surface area contributed by atoms with Crippen molar-refractivity contribution in [3.8, 4) is 5.75 Å². The molecule has 0 unspecified atom stereocenters. The molecule has 0 saturated carbocycles. The van der Waals surface area contributed by atoms with Crippen LogP contribution in [0.1, 0.15) is 37.2 Å². The van der Waals surface area contributed by atoms with Gasteiger partial charge in [0, 0.05) is 12.7 Å². The lowest BCUT2D eigenvalue weighted by Crippen LogP contribution is -2.42. The van der Waals surface area contributed by atoms with Crippen molar-refractivity contribution in [1.29, 1.82) is 0 Å². The molecule has 0 aliphatic heterocycles. The maximum atomic E-state index is 11.7. The maximum absolute atomic E-state index is 11.7. The van der Waals surface area contributed by atoms with Crippen molar-refractivity contribution in [1.82, 2.24) is 10.3 Å². The fourth-order valence-corrected chi connectivity index (χ4v) is 1.40. The molecule has 1 amide bonds. The third kappa shape index (κ3) is 3.42. The molecule has 1 aromatic rings. The van der Waals surface area contributed by atoms with Gasteiger partial charge in [0.25, 0.3) is 5.91 Å². The van der Waals surface area contributed by atoms with Gasteiger partial charge in [0.05, 0.1) is 5.60 Å². The fourth-order valence-electron chi connectivity index (χ4n) is 1.40. The number of rotatable bonds is 5. The summed E-state index contributed by atoms with van der Waals surface area (Å²) in [5, 5.41) is 22.0. The molecule has 0 spiro atoms. The number of hydrogen-bond donors (Lipinski definition) is 3. The summed E-state index contributed by atoms with van der Waals surface area (Å²) >= 11 is 0. The van der Waals surface area contributed by atoms with Crippen LogP contribution in [0.5, 0.6) is 5.75 Å². The maximum Gasteiger partial charge on any atom is 0.273 e. The van der Waals surface area contributed by atoms with Gasteiger partial charge in [0.15, 0.2) is 5.69 Å². The number of carbonyl (C=O) groups excluding carboxylic acids is 1. The van der Waals surface area contributed by atoms with Crippen LogP contribution in [0.2, 0.25) is 0 Å². The molecule has 0 atom stereocenters. The lowest BCUT2D eigenvalue weighted by atomic mass is 9.97. The molecule has 0 radical (unpaired) electrons. The predicted octanol–water partition coefficient (Wildman–Crippen LogP) is 1.07. The van der Waals surface area contributed by atoms with Gasteiger partial charge in [0.1, 0.15) is 5.75 Å². The third-order valence-corrected chi connectivity index (χ3v) is 2.90. The minimum Gasteiger partial charge on any atom is -0.505 e. The minimum absolute atomic E-state index is 0.0259. The Bertz CT molecular complexity index is 389. The Morgan fingerprint density at radius 3 is 2.65 bits per heavy atom. The first kappa shape index (κ1) is 13.4. The third-order valence-electron chi connectivity index (χ3n) is 2.90. The molecule has 94 valence electrons. The summed E-state index contributed by atoms with van der Waals surface area (Å²) in [5.41, 5.74) is -0.929. The van der Waals surface area contributed by atoms with Crippen molar-refractivity contribution >= 4 is 5.91 Å². The first-order valence-corrected chi connectivity index (χ1v) is 5.67. The molecule has 5 nitrogen and oxygen atoms in total. The molecule has 0 aromatic carbocycles. The van der Waals surface area contributed by atoms with Crippen LogP contribution >= 0.6 is 0 Å². The van der Waals surface area contributed by atoms with Crippen molar-refractivity contribution in [3.63, 3.8) is 0 Å². The van der Waals surface area contributed by atoms with E-state index in [0.717, 1.165) is 0 Å². The Labute approximate surface area is 101 Å². The fraction of sp³-hybridized carbons (Fsp3) is 0.500. The van der Waals surface area contributed by atoms with Gasteiger partial charge in [-0.1, -0.05) is 13.8 Å². The second kappa shape index (κ2) is 5.63. The Kier molecular flexibility index (Phi) is 4.45. The molecule has 1 rings (SSSR count). The molecule has 5 heteroatoms. The van der Waals surface area contributed by atoms with Gasteiger partial charge in [-0.05, 0) is 25.0 Å². The molecule has 1 heterocycles. The molecule has 3 N–H and O–H groups in total. The number of carbonyl (C=O) groups is 1. The average Bonchev–Trinajstić information content (AvgIpc) is 2.36. The molecule has 0 bridgehead atoms. The Hall–Kier alpha value is -1.62. The zero-order valence-corrected chi connectivity index (χ0v) is 10.1. The van der Waals surface area contributed by atoms with Crippen LogP contribution in [0.3, 0.4) is 0 Å². The number of nitrogens with one attached hydrogen (secondary N) is 1. The second-order valence-electron chi connectivity index (χ2n) is 3.99.